The highest BCUT2D eigenvalue weighted by Gasteiger charge is 2.28. The predicted molar refractivity (Wildman–Crippen MR) is 143 cm³/mol. The summed E-state index contributed by atoms with van der Waals surface area (Å²) in [6.07, 6.45) is 0. The van der Waals surface area contributed by atoms with E-state index in [1.54, 1.807) is 0 Å². The number of carbonyl (C=O) groups is 1. The van der Waals surface area contributed by atoms with Crippen molar-refractivity contribution in [3.05, 3.63) is 83.7 Å². The molecule has 0 saturated carbocycles. The van der Waals surface area contributed by atoms with Gasteiger partial charge in [0, 0.05) is 37.0 Å². The maximum Gasteiger partial charge on any atom is 0.221 e. The molecule has 1 aromatic heterocycles. The predicted octanol–water partition coefficient (Wildman–Crippen LogP) is 5.54. The number of hydrogen-bond donors (Lipinski definition) is 1. The first-order valence-corrected chi connectivity index (χ1v) is 11.9. The summed E-state index contributed by atoms with van der Waals surface area (Å²) in [5, 5.41) is 7.75. The second kappa shape index (κ2) is 9.18. The third-order valence-electron chi connectivity index (χ3n) is 6.18. The summed E-state index contributed by atoms with van der Waals surface area (Å²) in [5.74, 6) is 0.567. The van der Waals surface area contributed by atoms with Gasteiger partial charge in [0.2, 0.25) is 5.91 Å². The maximum atomic E-state index is 11.5. The molecule has 35 heavy (non-hydrogen) atoms. The number of amides is 1. The van der Waals surface area contributed by atoms with Crippen LogP contribution >= 0.6 is 0 Å². The topological polar surface area (TPSA) is 74.9 Å². The summed E-state index contributed by atoms with van der Waals surface area (Å²) in [4.78, 5) is 23.8. The fourth-order valence-corrected chi connectivity index (χ4v) is 4.42. The number of anilines is 2. The molecule has 7 heteroatoms. The summed E-state index contributed by atoms with van der Waals surface area (Å²) in [6, 6.07) is 22.1. The molecule has 3 aromatic carbocycles. The molecule has 1 aliphatic heterocycles. The van der Waals surface area contributed by atoms with Crippen LogP contribution in [0.25, 0.3) is 11.0 Å². The lowest BCUT2D eigenvalue weighted by molar-refractivity contribution is -0.114. The molecule has 0 fully saturated rings. The van der Waals surface area contributed by atoms with Crippen LogP contribution in [0.15, 0.2) is 76.8 Å². The molecule has 0 radical (unpaired) electrons. The van der Waals surface area contributed by atoms with Crippen molar-refractivity contribution in [2.75, 3.05) is 23.3 Å². The highest BCUT2D eigenvalue weighted by Crippen LogP contribution is 2.30. The molecule has 0 aliphatic carbocycles. The Morgan fingerprint density at radius 3 is 2.49 bits per heavy atom. The summed E-state index contributed by atoms with van der Waals surface area (Å²) in [7, 11) is 0. The van der Waals surface area contributed by atoms with Crippen molar-refractivity contribution in [3.8, 4) is 0 Å². The summed E-state index contributed by atoms with van der Waals surface area (Å²) < 4.78 is 1.84. The van der Waals surface area contributed by atoms with Crippen LogP contribution < -0.4 is 10.2 Å². The van der Waals surface area contributed by atoms with Gasteiger partial charge in [-0.3, -0.25) is 4.79 Å². The van der Waals surface area contributed by atoms with Gasteiger partial charge < -0.3 is 10.2 Å². The van der Waals surface area contributed by atoms with E-state index in [9.17, 15) is 4.79 Å². The number of fused-ring (bicyclic) bond motifs is 3. The van der Waals surface area contributed by atoms with Crippen LogP contribution in [0.1, 0.15) is 37.7 Å². The minimum atomic E-state index is -0.119. The SMILES string of the molecule is CCN(CC)c1ccc(N=C2C(c3ccccc3)=Nn3c2nc2cc(NC(C)=O)ccc23)c(C)c1. The Morgan fingerprint density at radius 1 is 1.03 bits per heavy atom. The van der Waals surface area contributed by atoms with Crippen molar-refractivity contribution in [1.29, 1.82) is 0 Å². The van der Waals surface area contributed by atoms with E-state index in [1.807, 2.05) is 53.2 Å². The van der Waals surface area contributed by atoms with Crippen LogP contribution in [-0.4, -0.2) is 40.1 Å². The van der Waals surface area contributed by atoms with Crippen LogP contribution in [0.3, 0.4) is 0 Å². The van der Waals surface area contributed by atoms with Gasteiger partial charge in [-0.2, -0.15) is 5.10 Å². The van der Waals surface area contributed by atoms with E-state index in [4.69, 9.17) is 15.1 Å². The molecule has 0 saturated heterocycles. The van der Waals surface area contributed by atoms with Gasteiger partial charge in [-0.1, -0.05) is 30.3 Å². The van der Waals surface area contributed by atoms with Gasteiger partial charge in [0.15, 0.2) is 5.82 Å². The zero-order valence-electron chi connectivity index (χ0n) is 20.4. The largest absolute Gasteiger partial charge is 0.372 e. The normalized spacial score (nSPS) is 13.7. The zero-order valence-corrected chi connectivity index (χ0v) is 20.4. The molecule has 1 amide bonds. The van der Waals surface area contributed by atoms with Crippen LogP contribution in [-0.2, 0) is 4.79 Å². The molecule has 0 unspecified atom stereocenters. The minimum Gasteiger partial charge on any atom is -0.372 e. The van der Waals surface area contributed by atoms with Crippen LogP contribution in [0.4, 0.5) is 17.1 Å². The standard InChI is InChI=1S/C28H28N6O/c1-5-33(6-2)22-13-14-23(18(3)16-22)30-27-26(20-10-8-7-9-11-20)32-34-25-15-12-21(29-19(4)35)17-24(25)31-28(27)34/h7-17H,5-6H2,1-4H3,(H,29,35). The van der Waals surface area contributed by atoms with Crippen LogP contribution in [0, 0.1) is 6.92 Å². The summed E-state index contributed by atoms with van der Waals surface area (Å²) in [6.45, 7) is 9.82. The molecule has 5 rings (SSSR count). The molecule has 4 aromatic rings. The lowest BCUT2D eigenvalue weighted by atomic mass is 10.1. The van der Waals surface area contributed by atoms with Crippen molar-refractivity contribution in [2.24, 2.45) is 10.1 Å². The fourth-order valence-electron chi connectivity index (χ4n) is 4.42. The Bertz CT molecular complexity index is 1480. The van der Waals surface area contributed by atoms with Gasteiger partial charge in [-0.25, -0.2) is 14.7 Å². The average Bonchev–Trinajstić information content (AvgIpc) is 3.37. The summed E-state index contributed by atoms with van der Waals surface area (Å²) in [5.41, 5.74) is 7.99. The minimum absolute atomic E-state index is 0.119. The summed E-state index contributed by atoms with van der Waals surface area (Å²) >= 11 is 0. The zero-order chi connectivity index (χ0) is 24.5. The fraction of sp³-hybridized carbons (Fsp3) is 0.214. The maximum absolute atomic E-state index is 11.5. The second-order valence-electron chi connectivity index (χ2n) is 8.55. The molecule has 1 aliphatic rings. The van der Waals surface area contributed by atoms with Crippen LogP contribution in [0.2, 0.25) is 0 Å². The number of nitrogens with one attached hydrogen (secondary N) is 1. The smallest absolute Gasteiger partial charge is 0.221 e. The van der Waals surface area contributed by atoms with Crippen molar-refractivity contribution in [1.82, 2.24) is 9.66 Å². The monoisotopic (exact) mass is 464 g/mol. The number of carbonyl (C=O) groups excluding carboxylic acids is 1. The van der Waals surface area contributed by atoms with Gasteiger partial charge in [-0.15, -0.1) is 0 Å². The van der Waals surface area contributed by atoms with Gasteiger partial charge in [-0.05, 0) is 62.7 Å². The lowest BCUT2D eigenvalue weighted by Gasteiger charge is -2.21. The molecule has 1 N–H and O–H groups in total. The van der Waals surface area contributed by atoms with E-state index in [0.717, 1.165) is 52.4 Å². The molecule has 2 heterocycles. The van der Waals surface area contributed by atoms with Gasteiger partial charge in [0.1, 0.15) is 11.4 Å². The Hall–Kier alpha value is -4.26. The third kappa shape index (κ3) is 4.21. The van der Waals surface area contributed by atoms with E-state index in [1.165, 1.54) is 12.6 Å². The first-order chi connectivity index (χ1) is 17.0. The second-order valence-corrected chi connectivity index (χ2v) is 8.55. The molecule has 7 nitrogen and oxygen atoms in total. The quantitative estimate of drug-likeness (QED) is 0.407. The number of aromatic nitrogens is 2. The molecule has 0 atom stereocenters. The third-order valence-corrected chi connectivity index (χ3v) is 6.18. The molecule has 0 bridgehead atoms. The molecule has 176 valence electrons. The highest BCUT2D eigenvalue weighted by atomic mass is 16.1. The number of nitrogens with zero attached hydrogens (tertiary/aromatic N) is 5. The van der Waals surface area contributed by atoms with E-state index < -0.39 is 0 Å². The Morgan fingerprint density at radius 2 is 1.80 bits per heavy atom. The number of aliphatic imine (C=N–C) groups is 1. The van der Waals surface area contributed by atoms with Gasteiger partial charge in [0.25, 0.3) is 0 Å². The Labute approximate surface area is 204 Å². The van der Waals surface area contributed by atoms with E-state index in [2.05, 4.69) is 49.2 Å². The van der Waals surface area contributed by atoms with E-state index >= 15 is 0 Å². The van der Waals surface area contributed by atoms with E-state index in [-0.39, 0.29) is 5.91 Å². The van der Waals surface area contributed by atoms with Crippen molar-refractivity contribution >= 4 is 45.4 Å². The van der Waals surface area contributed by atoms with Crippen molar-refractivity contribution in [2.45, 2.75) is 27.7 Å². The van der Waals surface area contributed by atoms with Crippen molar-refractivity contribution < 1.29 is 4.79 Å². The Balaban J connectivity index is 1.65. The molecular weight excluding hydrogens is 436 g/mol. The number of benzene rings is 3. The first-order valence-electron chi connectivity index (χ1n) is 11.9. The average molecular weight is 465 g/mol. The molecular formula is C28H28N6O. The highest BCUT2D eigenvalue weighted by molar-refractivity contribution is 6.54. The van der Waals surface area contributed by atoms with Gasteiger partial charge >= 0.3 is 0 Å². The lowest BCUT2D eigenvalue weighted by Crippen LogP contribution is -2.21. The number of hydrogen-bond acceptors (Lipinski definition) is 5. The van der Waals surface area contributed by atoms with Gasteiger partial charge in [0.05, 0.1) is 16.7 Å². The van der Waals surface area contributed by atoms with E-state index in [0.29, 0.717) is 11.5 Å². The number of rotatable bonds is 6. The first kappa shape index (κ1) is 22.5. The van der Waals surface area contributed by atoms with Crippen LogP contribution in [0.5, 0.6) is 0 Å². The number of aryl methyl sites for hydroxylation is 1. The Kier molecular flexibility index (Phi) is 5.91. The van der Waals surface area contributed by atoms with Crippen molar-refractivity contribution in [3.63, 3.8) is 0 Å². The number of imidazole rings is 1. The molecule has 0 spiro atoms.